The highest BCUT2D eigenvalue weighted by Gasteiger charge is 2.41. The lowest BCUT2D eigenvalue weighted by atomic mass is 9.91. The van der Waals surface area contributed by atoms with Gasteiger partial charge < -0.3 is 19.3 Å². The third-order valence-electron chi connectivity index (χ3n) is 5.01. The Labute approximate surface area is 153 Å². The van der Waals surface area contributed by atoms with Crippen molar-refractivity contribution in [2.75, 3.05) is 13.1 Å². The lowest BCUT2D eigenvalue weighted by molar-refractivity contribution is -0.145. The number of likely N-dealkylation sites (tertiary alicyclic amines) is 1. The predicted octanol–water partition coefficient (Wildman–Crippen LogP) is 2.65. The molecule has 2 aromatic rings. The zero-order chi connectivity index (χ0) is 18.7. The molecule has 2 atom stereocenters. The van der Waals surface area contributed by atoms with Gasteiger partial charge in [0.05, 0.1) is 12.2 Å². The van der Waals surface area contributed by atoms with E-state index in [-0.39, 0.29) is 18.6 Å². The van der Waals surface area contributed by atoms with Crippen LogP contribution in [0, 0.1) is 13.8 Å². The van der Waals surface area contributed by atoms with Crippen LogP contribution in [0.3, 0.4) is 0 Å². The van der Waals surface area contributed by atoms with E-state index >= 15 is 0 Å². The largest absolute Gasteiger partial charge is 0.487 e. The molecule has 1 aromatic carbocycles. The number of carbonyl (C=O) groups excluding carboxylic acids is 1. The monoisotopic (exact) mass is 358 g/mol. The molecule has 1 aliphatic rings. The van der Waals surface area contributed by atoms with Crippen molar-refractivity contribution in [3.63, 3.8) is 0 Å². The minimum atomic E-state index is -1.09. The maximum Gasteiger partial charge on any atom is 0.223 e. The second-order valence-electron chi connectivity index (χ2n) is 7.18. The fourth-order valence-corrected chi connectivity index (χ4v) is 3.46. The van der Waals surface area contributed by atoms with Crippen molar-refractivity contribution in [3.05, 3.63) is 47.3 Å². The summed E-state index contributed by atoms with van der Waals surface area (Å²) in [5.74, 6) is 1.52. The van der Waals surface area contributed by atoms with E-state index in [1.165, 1.54) is 0 Å². The first kappa shape index (κ1) is 18.5. The topological polar surface area (TPSA) is 75.8 Å². The van der Waals surface area contributed by atoms with Crippen LogP contribution in [-0.2, 0) is 11.2 Å². The van der Waals surface area contributed by atoms with E-state index in [0.29, 0.717) is 25.8 Å². The van der Waals surface area contributed by atoms with Crippen LogP contribution in [0.1, 0.15) is 36.8 Å². The number of amides is 1. The molecular weight excluding hydrogens is 332 g/mol. The normalized spacial score (nSPS) is 23.1. The van der Waals surface area contributed by atoms with Crippen molar-refractivity contribution in [3.8, 4) is 5.75 Å². The SMILES string of the molecule is Cc1noc(C)c1CCC(=O)N1CC[C@H](Oc2ccccc2)[C@@](C)(O)C1. The third-order valence-corrected chi connectivity index (χ3v) is 5.01. The van der Waals surface area contributed by atoms with E-state index in [0.717, 1.165) is 22.8 Å². The number of aromatic nitrogens is 1. The van der Waals surface area contributed by atoms with Gasteiger partial charge in [-0.1, -0.05) is 23.4 Å². The first-order chi connectivity index (χ1) is 12.4. The predicted molar refractivity (Wildman–Crippen MR) is 97.0 cm³/mol. The van der Waals surface area contributed by atoms with E-state index in [1.54, 1.807) is 11.8 Å². The van der Waals surface area contributed by atoms with Crippen LogP contribution >= 0.6 is 0 Å². The molecule has 0 spiro atoms. The smallest absolute Gasteiger partial charge is 0.223 e. The molecule has 140 valence electrons. The molecule has 2 heterocycles. The molecular formula is C20H26N2O4. The van der Waals surface area contributed by atoms with E-state index in [9.17, 15) is 9.90 Å². The minimum absolute atomic E-state index is 0.0310. The molecule has 6 heteroatoms. The highest BCUT2D eigenvalue weighted by Crippen LogP contribution is 2.27. The minimum Gasteiger partial charge on any atom is -0.487 e. The van der Waals surface area contributed by atoms with Crippen molar-refractivity contribution in [1.29, 1.82) is 0 Å². The highest BCUT2D eigenvalue weighted by atomic mass is 16.5. The molecule has 1 aromatic heterocycles. The summed E-state index contributed by atoms with van der Waals surface area (Å²) >= 11 is 0. The van der Waals surface area contributed by atoms with E-state index in [1.807, 2.05) is 44.2 Å². The van der Waals surface area contributed by atoms with Gasteiger partial charge in [0.25, 0.3) is 0 Å². The van der Waals surface area contributed by atoms with Crippen LogP contribution in [0.5, 0.6) is 5.75 Å². The van der Waals surface area contributed by atoms with Gasteiger partial charge in [-0.3, -0.25) is 4.79 Å². The van der Waals surface area contributed by atoms with Gasteiger partial charge in [0.2, 0.25) is 5.91 Å². The summed E-state index contributed by atoms with van der Waals surface area (Å²) in [7, 11) is 0. The summed E-state index contributed by atoms with van der Waals surface area (Å²) < 4.78 is 11.1. The van der Waals surface area contributed by atoms with Crippen LogP contribution < -0.4 is 4.74 Å². The molecule has 0 saturated carbocycles. The Bertz CT molecular complexity index is 735. The summed E-state index contributed by atoms with van der Waals surface area (Å²) in [6.45, 7) is 6.32. The van der Waals surface area contributed by atoms with Crippen molar-refractivity contribution < 1.29 is 19.2 Å². The van der Waals surface area contributed by atoms with Gasteiger partial charge in [-0.05, 0) is 39.3 Å². The molecule has 0 unspecified atom stereocenters. The Balaban J connectivity index is 1.57. The number of nitrogens with zero attached hydrogens (tertiary/aromatic N) is 2. The van der Waals surface area contributed by atoms with Gasteiger partial charge in [-0.2, -0.15) is 0 Å². The first-order valence-corrected chi connectivity index (χ1v) is 9.00. The Morgan fingerprint density at radius 2 is 2.12 bits per heavy atom. The van der Waals surface area contributed by atoms with Gasteiger partial charge in [0, 0.05) is 24.9 Å². The van der Waals surface area contributed by atoms with Crippen LogP contribution in [0.25, 0.3) is 0 Å². The summed E-state index contributed by atoms with van der Waals surface area (Å²) in [6.07, 6.45) is 1.24. The molecule has 1 saturated heterocycles. The molecule has 1 amide bonds. The van der Waals surface area contributed by atoms with Crippen molar-refractivity contribution in [2.45, 2.75) is 51.7 Å². The summed E-state index contributed by atoms with van der Waals surface area (Å²) in [5.41, 5.74) is 0.733. The quantitative estimate of drug-likeness (QED) is 0.889. The zero-order valence-electron chi connectivity index (χ0n) is 15.6. The Kier molecular flexibility index (Phi) is 5.32. The number of para-hydroxylation sites is 1. The number of benzene rings is 1. The van der Waals surface area contributed by atoms with Crippen LogP contribution in [0.15, 0.2) is 34.9 Å². The van der Waals surface area contributed by atoms with Gasteiger partial charge in [-0.25, -0.2) is 0 Å². The molecule has 0 radical (unpaired) electrons. The van der Waals surface area contributed by atoms with E-state index < -0.39 is 5.60 Å². The zero-order valence-corrected chi connectivity index (χ0v) is 15.6. The Morgan fingerprint density at radius 1 is 1.38 bits per heavy atom. The van der Waals surface area contributed by atoms with E-state index in [4.69, 9.17) is 9.26 Å². The van der Waals surface area contributed by atoms with Crippen LogP contribution in [-0.4, -0.2) is 45.9 Å². The third kappa shape index (κ3) is 4.07. The van der Waals surface area contributed by atoms with Gasteiger partial charge in [0.15, 0.2) is 0 Å². The maximum atomic E-state index is 12.6. The van der Waals surface area contributed by atoms with Gasteiger partial charge >= 0.3 is 0 Å². The van der Waals surface area contributed by atoms with Crippen LogP contribution in [0.4, 0.5) is 0 Å². The lowest BCUT2D eigenvalue weighted by Gasteiger charge is -2.42. The second kappa shape index (κ2) is 7.50. The number of β-amino-alcohol motifs (C(OH)–C–C–N with tert-alkyl or cyclic N) is 1. The lowest BCUT2D eigenvalue weighted by Crippen LogP contribution is -2.58. The maximum absolute atomic E-state index is 12.6. The molecule has 1 aliphatic heterocycles. The number of piperidine rings is 1. The number of rotatable bonds is 5. The standard InChI is InChI=1S/C20H26N2O4/c1-14-17(15(2)26-21-14)9-10-19(23)22-12-11-18(20(3,24)13-22)25-16-7-5-4-6-8-16/h4-8,18,24H,9-13H2,1-3H3/t18-,20-/m0/s1. The molecule has 3 rings (SSSR count). The first-order valence-electron chi connectivity index (χ1n) is 9.00. The van der Waals surface area contributed by atoms with Crippen molar-refractivity contribution >= 4 is 5.91 Å². The number of ether oxygens (including phenoxy) is 1. The average Bonchev–Trinajstić information content (AvgIpc) is 2.93. The Morgan fingerprint density at radius 3 is 2.73 bits per heavy atom. The number of hydrogen-bond acceptors (Lipinski definition) is 5. The number of hydrogen-bond donors (Lipinski definition) is 1. The average molecular weight is 358 g/mol. The Hall–Kier alpha value is -2.34. The van der Waals surface area contributed by atoms with Crippen molar-refractivity contribution in [1.82, 2.24) is 10.1 Å². The number of aliphatic hydroxyl groups is 1. The van der Waals surface area contributed by atoms with E-state index in [2.05, 4.69) is 5.16 Å². The molecule has 6 nitrogen and oxygen atoms in total. The second-order valence-corrected chi connectivity index (χ2v) is 7.18. The summed E-state index contributed by atoms with van der Waals surface area (Å²) in [6, 6.07) is 9.47. The fourth-order valence-electron chi connectivity index (χ4n) is 3.46. The van der Waals surface area contributed by atoms with Crippen LogP contribution in [0.2, 0.25) is 0 Å². The molecule has 1 N–H and O–H groups in total. The number of carbonyl (C=O) groups is 1. The summed E-state index contributed by atoms with van der Waals surface area (Å²) in [4.78, 5) is 14.3. The molecule has 26 heavy (non-hydrogen) atoms. The van der Waals surface area contributed by atoms with Gasteiger partial charge in [-0.15, -0.1) is 0 Å². The summed E-state index contributed by atoms with van der Waals surface area (Å²) in [5, 5.41) is 14.7. The molecule has 0 aliphatic carbocycles. The van der Waals surface area contributed by atoms with Crippen molar-refractivity contribution in [2.24, 2.45) is 0 Å². The highest BCUT2D eigenvalue weighted by molar-refractivity contribution is 5.76. The fraction of sp³-hybridized carbons (Fsp3) is 0.500. The number of aryl methyl sites for hydroxylation is 2. The molecule has 1 fully saturated rings. The molecule has 0 bridgehead atoms. The van der Waals surface area contributed by atoms with Gasteiger partial charge in [0.1, 0.15) is 23.2 Å².